The molecule has 0 atom stereocenters. The van der Waals surface area contributed by atoms with Crippen molar-refractivity contribution < 1.29 is 22.3 Å². The predicted molar refractivity (Wildman–Crippen MR) is 98.6 cm³/mol. The number of methoxy groups -OCH3 is 1. The average molecular weight is 392 g/mol. The van der Waals surface area contributed by atoms with Crippen LogP contribution in [0.4, 0.5) is 4.39 Å². The third-order valence-electron chi connectivity index (χ3n) is 4.46. The van der Waals surface area contributed by atoms with Crippen LogP contribution >= 0.6 is 0 Å². The first-order valence-electron chi connectivity index (χ1n) is 8.62. The largest absolute Gasteiger partial charge is 0.496 e. The molecule has 8 heteroatoms. The van der Waals surface area contributed by atoms with Gasteiger partial charge in [0.05, 0.1) is 17.6 Å². The number of hydrogen-bond acceptors (Lipinski definition) is 4. The standard InChI is InChI=1S/C19H21FN2O4S/c1-26-18-8-7-16(12-17(18)19(23)22-9-2-3-10-22)27(24,25)21-13-14-5-4-6-15(20)11-14/h4-8,11-12,21H,2-3,9-10,13H2,1H3. The van der Waals surface area contributed by atoms with E-state index in [0.29, 0.717) is 24.4 Å². The summed E-state index contributed by atoms with van der Waals surface area (Å²) >= 11 is 0. The Labute approximate surface area is 158 Å². The van der Waals surface area contributed by atoms with Gasteiger partial charge in [-0.05, 0) is 48.7 Å². The van der Waals surface area contributed by atoms with Gasteiger partial charge < -0.3 is 9.64 Å². The van der Waals surface area contributed by atoms with Gasteiger partial charge in [0.25, 0.3) is 5.91 Å². The lowest BCUT2D eigenvalue weighted by Crippen LogP contribution is -2.29. The highest BCUT2D eigenvalue weighted by Gasteiger charge is 2.25. The molecule has 144 valence electrons. The fourth-order valence-electron chi connectivity index (χ4n) is 3.02. The summed E-state index contributed by atoms with van der Waals surface area (Å²) in [6, 6.07) is 9.87. The van der Waals surface area contributed by atoms with E-state index in [1.807, 2.05) is 0 Å². The third kappa shape index (κ3) is 4.45. The summed E-state index contributed by atoms with van der Waals surface area (Å²) in [4.78, 5) is 14.4. The van der Waals surface area contributed by atoms with Gasteiger partial charge in [0.2, 0.25) is 10.0 Å². The average Bonchev–Trinajstić information content (AvgIpc) is 3.20. The Bertz CT molecular complexity index is 940. The van der Waals surface area contributed by atoms with Crippen molar-refractivity contribution in [2.24, 2.45) is 0 Å². The molecule has 0 aromatic heterocycles. The zero-order valence-corrected chi connectivity index (χ0v) is 15.8. The van der Waals surface area contributed by atoms with Crippen LogP contribution in [0, 0.1) is 5.82 Å². The summed E-state index contributed by atoms with van der Waals surface area (Å²) in [6.07, 6.45) is 1.86. The highest BCUT2D eigenvalue weighted by molar-refractivity contribution is 7.89. The quantitative estimate of drug-likeness (QED) is 0.820. The number of amides is 1. The number of carbonyl (C=O) groups excluding carboxylic acids is 1. The monoisotopic (exact) mass is 392 g/mol. The van der Waals surface area contributed by atoms with Crippen LogP contribution in [-0.4, -0.2) is 39.4 Å². The Hall–Kier alpha value is -2.45. The van der Waals surface area contributed by atoms with E-state index in [1.165, 1.54) is 43.5 Å². The predicted octanol–water partition coefficient (Wildman–Crippen LogP) is 2.55. The lowest BCUT2D eigenvalue weighted by molar-refractivity contribution is 0.0789. The van der Waals surface area contributed by atoms with E-state index in [4.69, 9.17) is 4.74 Å². The number of halogens is 1. The van der Waals surface area contributed by atoms with Crippen LogP contribution in [-0.2, 0) is 16.6 Å². The van der Waals surface area contributed by atoms with Gasteiger partial charge in [-0.1, -0.05) is 12.1 Å². The summed E-state index contributed by atoms with van der Waals surface area (Å²) in [5.74, 6) is -0.350. The Balaban J connectivity index is 1.84. The molecule has 1 aliphatic heterocycles. The number of hydrogen-bond donors (Lipinski definition) is 1. The van der Waals surface area contributed by atoms with Crippen LogP contribution in [0.1, 0.15) is 28.8 Å². The number of sulfonamides is 1. The summed E-state index contributed by atoms with van der Waals surface area (Å²) in [6.45, 7) is 1.25. The first kappa shape index (κ1) is 19.3. The Morgan fingerprint density at radius 2 is 1.93 bits per heavy atom. The van der Waals surface area contributed by atoms with Gasteiger partial charge in [-0.2, -0.15) is 0 Å². The van der Waals surface area contributed by atoms with Crippen LogP contribution in [0.2, 0.25) is 0 Å². The van der Waals surface area contributed by atoms with Gasteiger partial charge in [-0.3, -0.25) is 4.79 Å². The van der Waals surface area contributed by atoms with E-state index in [-0.39, 0.29) is 22.9 Å². The highest BCUT2D eigenvalue weighted by atomic mass is 32.2. The molecule has 0 spiro atoms. The maximum Gasteiger partial charge on any atom is 0.257 e. The van der Waals surface area contributed by atoms with Crippen molar-refractivity contribution in [3.63, 3.8) is 0 Å². The third-order valence-corrected chi connectivity index (χ3v) is 5.86. The van der Waals surface area contributed by atoms with Crippen molar-refractivity contribution in [2.75, 3.05) is 20.2 Å². The fourth-order valence-corrected chi connectivity index (χ4v) is 4.06. The summed E-state index contributed by atoms with van der Waals surface area (Å²) in [7, 11) is -2.44. The van der Waals surface area contributed by atoms with Crippen LogP contribution in [0.15, 0.2) is 47.4 Å². The Kier molecular flexibility index (Phi) is 5.76. The molecule has 1 amide bonds. The number of nitrogens with one attached hydrogen (secondary N) is 1. The molecule has 1 heterocycles. The minimum absolute atomic E-state index is 0.0396. The van der Waals surface area contributed by atoms with E-state index in [2.05, 4.69) is 4.72 Å². The van der Waals surface area contributed by atoms with Gasteiger partial charge in [-0.25, -0.2) is 17.5 Å². The van der Waals surface area contributed by atoms with Crippen LogP contribution < -0.4 is 9.46 Å². The summed E-state index contributed by atoms with van der Waals surface area (Å²) < 4.78 is 46.1. The van der Waals surface area contributed by atoms with E-state index < -0.39 is 15.8 Å². The second kappa shape index (κ2) is 8.06. The lowest BCUT2D eigenvalue weighted by atomic mass is 10.1. The molecule has 1 aliphatic rings. The maximum absolute atomic E-state index is 13.2. The lowest BCUT2D eigenvalue weighted by Gasteiger charge is -2.18. The molecular formula is C19H21FN2O4S. The first-order chi connectivity index (χ1) is 12.9. The number of ether oxygens (including phenoxy) is 1. The van der Waals surface area contributed by atoms with Crippen molar-refractivity contribution in [3.05, 3.63) is 59.4 Å². The second-order valence-corrected chi connectivity index (χ2v) is 8.08. The van der Waals surface area contributed by atoms with Gasteiger partial charge in [-0.15, -0.1) is 0 Å². The Morgan fingerprint density at radius 1 is 1.19 bits per heavy atom. The normalized spacial score (nSPS) is 14.4. The zero-order chi connectivity index (χ0) is 19.4. The van der Waals surface area contributed by atoms with Crippen molar-refractivity contribution in [1.29, 1.82) is 0 Å². The number of nitrogens with zero attached hydrogens (tertiary/aromatic N) is 1. The molecule has 6 nitrogen and oxygen atoms in total. The molecule has 0 radical (unpaired) electrons. The highest BCUT2D eigenvalue weighted by Crippen LogP contribution is 2.25. The van der Waals surface area contributed by atoms with Crippen molar-refractivity contribution in [3.8, 4) is 5.75 Å². The van der Waals surface area contributed by atoms with E-state index in [1.54, 1.807) is 11.0 Å². The SMILES string of the molecule is COc1ccc(S(=O)(=O)NCc2cccc(F)c2)cc1C(=O)N1CCCC1. The fraction of sp³-hybridized carbons (Fsp3) is 0.316. The first-order valence-corrected chi connectivity index (χ1v) is 10.1. The molecule has 27 heavy (non-hydrogen) atoms. The molecule has 0 saturated carbocycles. The maximum atomic E-state index is 13.2. The molecule has 2 aromatic carbocycles. The molecule has 2 aromatic rings. The van der Waals surface area contributed by atoms with Crippen molar-refractivity contribution in [1.82, 2.24) is 9.62 Å². The van der Waals surface area contributed by atoms with Gasteiger partial charge >= 0.3 is 0 Å². The number of carbonyl (C=O) groups is 1. The minimum Gasteiger partial charge on any atom is -0.496 e. The Morgan fingerprint density at radius 3 is 2.59 bits per heavy atom. The number of likely N-dealkylation sites (tertiary alicyclic amines) is 1. The minimum atomic E-state index is -3.87. The molecular weight excluding hydrogens is 371 g/mol. The van der Waals surface area contributed by atoms with Crippen LogP contribution in [0.3, 0.4) is 0 Å². The topological polar surface area (TPSA) is 75.7 Å². The zero-order valence-electron chi connectivity index (χ0n) is 14.9. The molecule has 3 rings (SSSR count). The van der Waals surface area contributed by atoms with Crippen molar-refractivity contribution in [2.45, 2.75) is 24.3 Å². The molecule has 1 N–H and O–H groups in total. The van der Waals surface area contributed by atoms with Crippen molar-refractivity contribution >= 4 is 15.9 Å². The van der Waals surface area contributed by atoms with E-state index in [9.17, 15) is 17.6 Å². The van der Waals surface area contributed by atoms with Gasteiger partial charge in [0.15, 0.2) is 0 Å². The second-order valence-electron chi connectivity index (χ2n) is 6.32. The van der Waals surface area contributed by atoms with Crippen LogP contribution in [0.5, 0.6) is 5.75 Å². The number of rotatable bonds is 6. The number of benzene rings is 2. The van der Waals surface area contributed by atoms with E-state index in [0.717, 1.165) is 12.8 Å². The van der Waals surface area contributed by atoms with Crippen LogP contribution in [0.25, 0.3) is 0 Å². The van der Waals surface area contributed by atoms with E-state index >= 15 is 0 Å². The van der Waals surface area contributed by atoms with Gasteiger partial charge in [0.1, 0.15) is 11.6 Å². The molecule has 0 aliphatic carbocycles. The molecule has 1 saturated heterocycles. The molecule has 0 unspecified atom stereocenters. The smallest absolute Gasteiger partial charge is 0.257 e. The molecule has 1 fully saturated rings. The summed E-state index contributed by atoms with van der Waals surface area (Å²) in [5, 5.41) is 0. The summed E-state index contributed by atoms with van der Waals surface area (Å²) in [5.41, 5.74) is 0.716. The van der Waals surface area contributed by atoms with Gasteiger partial charge in [0, 0.05) is 19.6 Å². The molecule has 0 bridgehead atoms.